The first-order valence-electron chi connectivity index (χ1n) is 9.18. The summed E-state index contributed by atoms with van der Waals surface area (Å²) in [6.07, 6.45) is 5.63. The van der Waals surface area contributed by atoms with Crippen LogP contribution in [0, 0.1) is 11.2 Å². The SMILES string of the molecule is CNc1ccc(F)c(N=Cc2cc(N3CCC4(CC3)COC4)cnc2N)c1. The summed E-state index contributed by atoms with van der Waals surface area (Å²) >= 11 is 0. The number of rotatable bonds is 4. The zero-order valence-electron chi connectivity index (χ0n) is 15.4. The lowest BCUT2D eigenvalue weighted by atomic mass is 9.77. The average Bonchev–Trinajstić information content (AvgIpc) is 2.67. The van der Waals surface area contributed by atoms with Crippen molar-refractivity contribution < 1.29 is 9.13 Å². The van der Waals surface area contributed by atoms with E-state index in [0.717, 1.165) is 50.5 Å². The number of piperidine rings is 1. The molecule has 2 aliphatic rings. The lowest BCUT2D eigenvalue weighted by Gasteiger charge is -2.47. The summed E-state index contributed by atoms with van der Waals surface area (Å²) in [7, 11) is 1.78. The maximum absolute atomic E-state index is 14.0. The number of anilines is 3. The van der Waals surface area contributed by atoms with Gasteiger partial charge < -0.3 is 20.7 Å². The topological polar surface area (TPSA) is 75.8 Å². The van der Waals surface area contributed by atoms with Gasteiger partial charge in [-0.05, 0) is 37.1 Å². The van der Waals surface area contributed by atoms with Crippen molar-refractivity contribution in [3.63, 3.8) is 0 Å². The van der Waals surface area contributed by atoms with Gasteiger partial charge in [-0.1, -0.05) is 0 Å². The van der Waals surface area contributed by atoms with E-state index in [1.807, 2.05) is 6.07 Å². The van der Waals surface area contributed by atoms with Crippen LogP contribution in [0.25, 0.3) is 0 Å². The molecule has 0 atom stereocenters. The van der Waals surface area contributed by atoms with E-state index in [1.54, 1.807) is 31.6 Å². The van der Waals surface area contributed by atoms with Gasteiger partial charge in [-0.15, -0.1) is 0 Å². The van der Waals surface area contributed by atoms with Gasteiger partial charge in [0.15, 0.2) is 0 Å². The van der Waals surface area contributed by atoms with Gasteiger partial charge in [-0.25, -0.2) is 9.37 Å². The van der Waals surface area contributed by atoms with E-state index in [9.17, 15) is 4.39 Å². The van der Waals surface area contributed by atoms with Crippen LogP contribution in [-0.4, -0.2) is 44.5 Å². The number of pyridine rings is 1. The Balaban J connectivity index is 1.52. The summed E-state index contributed by atoms with van der Waals surface area (Å²) in [4.78, 5) is 10.9. The summed E-state index contributed by atoms with van der Waals surface area (Å²) < 4.78 is 19.4. The second kappa shape index (κ2) is 7.15. The normalized spacial score (nSPS) is 18.7. The summed E-state index contributed by atoms with van der Waals surface area (Å²) in [6, 6.07) is 6.69. The second-order valence-corrected chi connectivity index (χ2v) is 7.32. The largest absolute Gasteiger partial charge is 0.388 e. The molecule has 0 amide bonds. The standard InChI is InChI=1S/C20H24FN5O/c1-23-15-2-3-17(21)18(9-15)24-10-14-8-16(11-25-19(14)22)26-6-4-20(5-7-26)12-27-13-20/h2-3,8-11,23H,4-7,12-13H2,1H3,(H2,22,25). The molecule has 0 bridgehead atoms. The number of aromatic nitrogens is 1. The average molecular weight is 369 g/mol. The molecule has 0 saturated carbocycles. The van der Waals surface area contributed by atoms with Crippen molar-refractivity contribution in [1.29, 1.82) is 0 Å². The minimum absolute atomic E-state index is 0.261. The number of hydrogen-bond donors (Lipinski definition) is 2. The fourth-order valence-electron chi connectivity index (χ4n) is 3.58. The highest BCUT2D eigenvalue weighted by atomic mass is 19.1. The summed E-state index contributed by atoms with van der Waals surface area (Å²) in [5.41, 5.74) is 9.16. The molecule has 3 N–H and O–H groups in total. The van der Waals surface area contributed by atoms with Crippen LogP contribution in [0.4, 0.5) is 27.3 Å². The molecule has 6 nitrogen and oxygen atoms in total. The maximum atomic E-state index is 14.0. The van der Waals surface area contributed by atoms with Gasteiger partial charge in [0.2, 0.25) is 0 Å². The molecule has 2 saturated heterocycles. The van der Waals surface area contributed by atoms with Crippen LogP contribution in [-0.2, 0) is 4.74 Å². The molecule has 1 spiro atoms. The Morgan fingerprint density at radius 2 is 2.07 bits per heavy atom. The van der Waals surface area contributed by atoms with Gasteiger partial charge in [0.1, 0.15) is 17.3 Å². The van der Waals surface area contributed by atoms with E-state index < -0.39 is 0 Å². The van der Waals surface area contributed by atoms with E-state index in [2.05, 4.69) is 20.2 Å². The zero-order chi connectivity index (χ0) is 18.9. The van der Waals surface area contributed by atoms with E-state index in [1.165, 1.54) is 6.07 Å². The number of halogens is 1. The Hall–Kier alpha value is -2.67. The maximum Gasteiger partial charge on any atom is 0.148 e. The van der Waals surface area contributed by atoms with Crippen molar-refractivity contribution >= 4 is 29.1 Å². The second-order valence-electron chi connectivity index (χ2n) is 7.32. The van der Waals surface area contributed by atoms with Crippen molar-refractivity contribution in [2.75, 3.05) is 49.3 Å². The number of benzene rings is 1. The van der Waals surface area contributed by atoms with Crippen molar-refractivity contribution in [2.24, 2.45) is 10.4 Å². The Kier molecular flexibility index (Phi) is 4.70. The first kappa shape index (κ1) is 17.7. The number of nitrogens with zero attached hydrogens (tertiary/aromatic N) is 3. The van der Waals surface area contributed by atoms with Gasteiger partial charge in [0, 0.05) is 43.0 Å². The fourth-order valence-corrected chi connectivity index (χ4v) is 3.58. The van der Waals surface area contributed by atoms with Crippen LogP contribution in [0.5, 0.6) is 0 Å². The first-order valence-corrected chi connectivity index (χ1v) is 9.18. The van der Waals surface area contributed by atoms with E-state index in [-0.39, 0.29) is 11.5 Å². The Labute approximate surface area is 158 Å². The van der Waals surface area contributed by atoms with Crippen LogP contribution >= 0.6 is 0 Å². The lowest BCUT2D eigenvalue weighted by Crippen LogP contribution is -2.51. The molecule has 1 aromatic carbocycles. The molecule has 1 aromatic heterocycles. The Bertz CT molecular complexity index is 855. The van der Waals surface area contributed by atoms with E-state index in [0.29, 0.717) is 16.8 Å². The van der Waals surface area contributed by atoms with Gasteiger partial charge >= 0.3 is 0 Å². The van der Waals surface area contributed by atoms with Crippen LogP contribution in [0.15, 0.2) is 35.5 Å². The zero-order valence-corrected chi connectivity index (χ0v) is 15.4. The molecule has 2 aliphatic heterocycles. The van der Waals surface area contributed by atoms with Gasteiger partial charge in [0.05, 0.1) is 25.1 Å². The van der Waals surface area contributed by atoms with Crippen molar-refractivity contribution in [2.45, 2.75) is 12.8 Å². The molecular formula is C20H24FN5O. The molecule has 2 aromatic rings. The van der Waals surface area contributed by atoms with Crippen LogP contribution in [0.3, 0.4) is 0 Å². The highest BCUT2D eigenvalue weighted by molar-refractivity contribution is 5.88. The number of ether oxygens (including phenoxy) is 1. The molecule has 4 rings (SSSR count). The molecule has 0 unspecified atom stereocenters. The number of aliphatic imine (C=N–C) groups is 1. The summed E-state index contributed by atoms with van der Waals surface area (Å²) in [5.74, 6) is 0.00512. The monoisotopic (exact) mass is 369 g/mol. The quantitative estimate of drug-likeness (QED) is 0.810. The molecule has 0 radical (unpaired) electrons. The Morgan fingerprint density at radius 3 is 2.74 bits per heavy atom. The summed E-state index contributed by atoms with van der Waals surface area (Å²) in [6.45, 7) is 3.72. The molecule has 7 heteroatoms. The predicted octanol–water partition coefficient (Wildman–Crippen LogP) is 3.21. The lowest BCUT2D eigenvalue weighted by molar-refractivity contribution is -0.124. The molecule has 2 fully saturated rings. The molecular weight excluding hydrogens is 345 g/mol. The first-order chi connectivity index (χ1) is 13.1. The van der Waals surface area contributed by atoms with Crippen molar-refractivity contribution in [1.82, 2.24) is 4.98 Å². The van der Waals surface area contributed by atoms with Crippen LogP contribution < -0.4 is 16.0 Å². The molecule has 3 heterocycles. The highest BCUT2D eigenvalue weighted by Crippen LogP contribution is 2.39. The summed E-state index contributed by atoms with van der Waals surface area (Å²) in [5, 5.41) is 2.98. The number of nitrogens with one attached hydrogen (secondary N) is 1. The van der Waals surface area contributed by atoms with Gasteiger partial charge in [-0.3, -0.25) is 4.99 Å². The number of hydrogen-bond acceptors (Lipinski definition) is 6. The van der Waals surface area contributed by atoms with Crippen molar-refractivity contribution in [3.05, 3.63) is 41.8 Å². The number of nitrogen functional groups attached to an aromatic ring is 1. The smallest absolute Gasteiger partial charge is 0.148 e. The minimum Gasteiger partial charge on any atom is -0.388 e. The minimum atomic E-state index is -0.378. The molecule has 0 aliphatic carbocycles. The highest BCUT2D eigenvalue weighted by Gasteiger charge is 2.41. The van der Waals surface area contributed by atoms with Gasteiger partial charge in [0.25, 0.3) is 0 Å². The predicted molar refractivity (Wildman–Crippen MR) is 107 cm³/mol. The number of nitrogens with two attached hydrogens (primary N) is 1. The third-order valence-corrected chi connectivity index (χ3v) is 5.52. The van der Waals surface area contributed by atoms with Gasteiger partial charge in [-0.2, -0.15) is 0 Å². The third kappa shape index (κ3) is 3.60. The van der Waals surface area contributed by atoms with Crippen molar-refractivity contribution in [3.8, 4) is 0 Å². The molecule has 142 valence electrons. The van der Waals surface area contributed by atoms with Crippen LogP contribution in [0.1, 0.15) is 18.4 Å². The van der Waals surface area contributed by atoms with E-state index >= 15 is 0 Å². The van der Waals surface area contributed by atoms with E-state index in [4.69, 9.17) is 10.5 Å². The Morgan fingerprint density at radius 1 is 1.30 bits per heavy atom. The fraction of sp³-hybridized carbons (Fsp3) is 0.400. The molecule has 27 heavy (non-hydrogen) atoms. The van der Waals surface area contributed by atoms with Crippen LogP contribution in [0.2, 0.25) is 0 Å². The third-order valence-electron chi connectivity index (χ3n) is 5.52.